The fourth-order valence-corrected chi connectivity index (χ4v) is 1.99. The molecule has 0 radical (unpaired) electrons. The second-order valence-corrected chi connectivity index (χ2v) is 3.70. The van der Waals surface area contributed by atoms with Gasteiger partial charge < -0.3 is 10.4 Å². The van der Waals surface area contributed by atoms with Gasteiger partial charge in [0.05, 0.1) is 5.56 Å². The number of rotatable bonds is 2. The molecule has 0 aliphatic rings. The molecule has 2 aromatic carbocycles. The Hall–Kier alpha value is -2.03. The molecule has 0 fully saturated rings. The average Bonchev–Trinajstić information content (AvgIpc) is 2.27. The van der Waals surface area contributed by atoms with Crippen LogP contribution in [0.5, 0.6) is 0 Å². The Kier molecular flexibility index (Phi) is 2.52. The van der Waals surface area contributed by atoms with Crippen molar-refractivity contribution in [1.29, 1.82) is 0 Å². The van der Waals surface area contributed by atoms with E-state index in [0.29, 0.717) is 5.56 Å². The van der Waals surface area contributed by atoms with Gasteiger partial charge >= 0.3 is 5.97 Å². The zero-order chi connectivity index (χ0) is 11.7. The van der Waals surface area contributed by atoms with Gasteiger partial charge in [0.15, 0.2) is 0 Å². The number of hydrogen-bond donors (Lipinski definition) is 2. The first-order valence-electron chi connectivity index (χ1n) is 5.08. The van der Waals surface area contributed by atoms with E-state index in [1.807, 2.05) is 37.3 Å². The molecule has 0 bridgehead atoms. The van der Waals surface area contributed by atoms with Crippen LogP contribution in [0.1, 0.15) is 15.9 Å². The van der Waals surface area contributed by atoms with Crippen LogP contribution in [-0.2, 0) is 0 Å². The topological polar surface area (TPSA) is 49.3 Å². The standard InChI is InChI=1S/C13H13NO2/c1-8-11(14-2)7-9-5-3-4-6-10(9)12(8)13(15)16/h3-7,14H,1-2H3,(H,15,16). The summed E-state index contributed by atoms with van der Waals surface area (Å²) in [6.07, 6.45) is 0. The summed E-state index contributed by atoms with van der Waals surface area (Å²) in [6.45, 7) is 1.82. The van der Waals surface area contributed by atoms with E-state index in [9.17, 15) is 9.90 Å². The van der Waals surface area contributed by atoms with Gasteiger partial charge in [-0.3, -0.25) is 0 Å². The third kappa shape index (κ3) is 1.50. The third-order valence-electron chi connectivity index (χ3n) is 2.79. The van der Waals surface area contributed by atoms with E-state index in [0.717, 1.165) is 22.0 Å². The molecule has 0 saturated carbocycles. The maximum absolute atomic E-state index is 11.3. The lowest BCUT2D eigenvalue weighted by molar-refractivity contribution is 0.0698. The number of anilines is 1. The molecular formula is C13H13NO2. The molecule has 0 aliphatic carbocycles. The Labute approximate surface area is 93.7 Å². The summed E-state index contributed by atoms with van der Waals surface area (Å²) in [7, 11) is 1.79. The highest BCUT2D eigenvalue weighted by Crippen LogP contribution is 2.28. The minimum absolute atomic E-state index is 0.377. The zero-order valence-corrected chi connectivity index (χ0v) is 9.24. The first kappa shape index (κ1) is 10.5. The Morgan fingerprint density at radius 3 is 2.62 bits per heavy atom. The molecule has 2 aromatic rings. The van der Waals surface area contributed by atoms with Crippen molar-refractivity contribution >= 4 is 22.4 Å². The molecule has 82 valence electrons. The predicted molar refractivity (Wildman–Crippen MR) is 65.2 cm³/mol. The van der Waals surface area contributed by atoms with Crippen LogP contribution in [0.4, 0.5) is 5.69 Å². The van der Waals surface area contributed by atoms with E-state index in [1.54, 1.807) is 7.05 Å². The van der Waals surface area contributed by atoms with Crippen LogP contribution >= 0.6 is 0 Å². The highest BCUT2D eigenvalue weighted by molar-refractivity contribution is 6.07. The van der Waals surface area contributed by atoms with E-state index >= 15 is 0 Å². The van der Waals surface area contributed by atoms with Crippen LogP contribution in [0, 0.1) is 6.92 Å². The van der Waals surface area contributed by atoms with Crippen molar-refractivity contribution in [2.45, 2.75) is 6.92 Å². The van der Waals surface area contributed by atoms with E-state index < -0.39 is 5.97 Å². The molecule has 0 saturated heterocycles. The zero-order valence-electron chi connectivity index (χ0n) is 9.24. The van der Waals surface area contributed by atoms with Crippen LogP contribution in [0.2, 0.25) is 0 Å². The Balaban J connectivity index is 2.91. The number of hydrogen-bond acceptors (Lipinski definition) is 2. The molecule has 0 aliphatic heterocycles. The first-order valence-corrected chi connectivity index (χ1v) is 5.08. The van der Waals surface area contributed by atoms with Gasteiger partial charge in [-0.15, -0.1) is 0 Å². The molecule has 0 heterocycles. The fraction of sp³-hybridized carbons (Fsp3) is 0.154. The van der Waals surface area contributed by atoms with Crippen molar-refractivity contribution < 1.29 is 9.90 Å². The minimum Gasteiger partial charge on any atom is -0.478 e. The van der Waals surface area contributed by atoms with Gasteiger partial charge in [-0.25, -0.2) is 4.79 Å². The van der Waals surface area contributed by atoms with Gasteiger partial charge in [-0.05, 0) is 29.3 Å². The molecule has 0 amide bonds. The maximum atomic E-state index is 11.3. The largest absolute Gasteiger partial charge is 0.478 e. The van der Waals surface area contributed by atoms with Crippen LogP contribution in [0.25, 0.3) is 10.8 Å². The smallest absolute Gasteiger partial charge is 0.336 e. The third-order valence-corrected chi connectivity index (χ3v) is 2.79. The van der Waals surface area contributed by atoms with Crippen LogP contribution in [-0.4, -0.2) is 18.1 Å². The highest BCUT2D eigenvalue weighted by atomic mass is 16.4. The second-order valence-electron chi connectivity index (χ2n) is 3.70. The van der Waals surface area contributed by atoms with Gasteiger partial charge in [0.1, 0.15) is 0 Å². The van der Waals surface area contributed by atoms with Crippen LogP contribution in [0.3, 0.4) is 0 Å². The number of aromatic carboxylic acids is 1. The summed E-state index contributed by atoms with van der Waals surface area (Å²) in [5.74, 6) is -0.884. The van der Waals surface area contributed by atoms with Gasteiger partial charge in [0, 0.05) is 12.7 Å². The number of carboxylic acids is 1. The van der Waals surface area contributed by atoms with Crippen molar-refractivity contribution in [1.82, 2.24) is 0 Å². The molecule has 2 N–H and O–H groups in total. The summed E-state index contributed by atoms with van der Waals surface area (Å²) in [5.41, 5.74) is 2.01. The van der Waals surface area contributed by atoms with Crippen LogP contribution in [0.15, 0.2) is 30.3 Å². The molecule has 0 atom stereocenters. The molecule has 16 heavy (non-hydrogen) atoms. The Morgan fingerprint density at radius 2 is 2.00 bits per heavy atom. The van der Waals surface area contributed by atoms with Crippen molar-refractivity contribution in [2.75, 3.05) is 12.4 Å². The molecule has 2 rings (SSSR count). The Morgan fingerprint density at radius 1 is 1.31 bits per heavy atom. The number of nitrogens with one attached hydrogen (secondary N) is 1. The van der Waals surface area contributed by atoms with Crippen molar-refractivity contribution in [3.05, 3.63) is 41.5 Å². The predicted octanol–water partition coefficient (Wildman–Crippen LogP) is 2.89. The highest BCUT2D eigenvalue weighted by Gasteiger charge is 2.14. The molecule has 0 spiro atoms. The van der Waals surface area contributed by atoms with Crippen molar-refractivity contribution in [2.24, 2.45) is 0 Å². The number of carbonyl (C=O) groups is 1. The SMILES string of the molecule is CNc1cc2ccccc2c(C(=O)O)c1C. The summed E-state index contributed by atoms with van der Waals surface area (Å²) in [5, 5.41) is 14.0. The average molecular weight is 215 g/mol. The summed E-state index contributed by atoms with van der Waals surface area (Å²) >= 11 is 0. The summed E-state index contributed by atoms with van der Waals surface area (Å²) in [6, 6.07) is 9.49. The van der Waals surface area contributed by atoms with Crippen LogP contribution < -0.4 is 5.32 Å². The monoisotopic (exact) mass is 215 g/mol. The van der Waals surface area contributed by atoms with Gasteiger partial charge in [0.25, 0.3) is 0 Å². The number of fused-ring (bicyclic) bond motifs is 1. The lowest BCUT2D eigenvalue weighted by atomic mass is 9.98. The molecule has 0 aromatic heterocycles. The van der Waals surface area contributed by atoms with E-state index in [1.165, 1.54) is 0 Å². The fourth-order valence-electron chi connectivity index (χ4n) is 1.99. The van der Waals surface area contributed by atoms with Gasteiger partial charge in [0.2, 0.25) is 0 Å². The number of benzene rings is 2. The molecule has 3 heteroatoms. The van der Waals surface area contributed by atoms with E-state index in [4.69, 9.17) is 0 Å². The molecule has 3 nitrogen and oxygen atoms in total. The lowest BCUT2D eigenvalue weighted by Crippen LogP contribution is -2.04. The quantitative estimate of drug-likeness (QED) is 0.809. The molecule has 0 unspecified atom stereocenters. The minimum atomic E-state index is -0.884. The van der Waals surface area contributed by atoms with E-state index in [-0.39, 0.29) is 0 Å². The first-order chi connectivity index (χ1) is 7.65. The van der Waals surface area contributed by atoms with E-state index in [2.05, 4.69) is 5.32 Å². The van der Waals surface area contributed by atoms with Crippen molar-refractivity contribution in [3.8, 4) is 0 Å². The van der Waals surface area contributed by atoms with Crippen molar-refractivity contribution in [3.63, 3.8) is 0 Å². The van der Waals surface area contributed by atoms with Gasteiger partial charge in [-0.2, -0.15) is 0 Å². The summed E-state index contributed by atoms with van der Waals surface area (Å²) < 4.78 is 0. The summed E-state index contributed by atoms with van der Waals surface area (Å²) in [4.78, 5) is 11.3. The lowest BCUT2D eigenvalue weighted by Gasteiger charge is -2.11. The van der Waals surface area contributed by atoms with Gasteiger partial charge in [-0.1, -0.05) is 24.3 Å². The Bertz CT molecular complexity index is 561. The normalized spacial score (nSPS) is 10.4. The maximum Gasteiger partial charge on any atom is 0.336 e. The molecular weight excluding hydrogens is 202 g/mol. The number of carboxylic acid groups (broad SMARTS) is 1. The second kappa shape index (κ2) is 3.85.